The third-order valence-corrected chi connectivity index (χ3v) is 2.57. The molecule has 16 heavy (non-hydrogen) atoms. The number of fused-ring (bicyclic) bond motifs is 1. The van der Waals surface area contributed by atoms with Crippen LogP contribution in [0.3, 0.4) is 0 Å². The molecule has 8 heteroatoms. The SMILES string of the molecule is CCOC(=O)Nc1nc2c(=O)[nH]cnc2s1. The van der Waals surface area contributed by atoms with E-state index >= 15 is 0 Å². The van der Waals surface area contributed by atoms with E-state index in [4.69, 9.17) is 0 Å². The van der Waals surface area contributed by atoms with Crippen molar-refractivity contribution in [2.45, 2.75) is 6.92 Å². The van der Waals surface area contributed by atoms with Gasteiger partial charge in [-0.2, -0.15) is 0 Å². The van der Waals surface area contributed by atoms with Crippen LogP contribution < -0.4 is 10.9 Å². The van der Waals surface area contributed by atoms with E-state index in [0.717, 1.165) is 11.3 Å². The van der Waals surface area contributed by atoms with Gasteiger partial charge in [0.1, 0.15) is 0 Å². The first kappa shape index (κ1) is 10.6. The highest BCUT2D eigenvalue weighted by Crippen LogP contribution is 2.20. The second-order valence-corrected chi connectivity index (χ2v) is 3.73. The molecule has 0 aliphatic carbocycles. The van der Waals surface area contributed by atoms with E-state index in [2.05, 4.69) is 25.0 Å². The molecule has 0 saturated heterocycles. The van der Waals surface area contributed by atoms with Crippen molar-refractivity contribution in [1.82, 2.24) is 15.0 Å². The number of aromatic amines is 1. The van der Waals surface area contributed by atoms with Gasteiger partial charge in [-0.3, -0.25) is 10.1 Å². The zero-order chi connectivity index (χ0) is 11.5. The zero-order valence-electron chi connectivity index (χ0n) is 8.31. The number of carbonyl (C=O) groups excluding carboxylic acids is 1. The molecule has 0 aliphatic heterocycles. The Kier molecular flexibility index (Phi) is 2.82. The summed E-state index contributed by atoms with van der Waals surface area (Å²) in [5.41, 5.74) is -0.127. The summed E-state index contributed by atoms with van der Waals surface area (Å²) in [7, 11) is 0. The lowest BCUT2D eigenvalue weighted by atomic mass is 10.6. The third-order valence-electron chi connectivity index (χ3n) is 1.69. The molecule has 2 heterocycles. The molecule has 0 aromatic carbocycles. The highest BCUT2D eigenvalue weighted by atomic mass is 32.1. The topological polar surface area (TPSA) is 97.0 Å². The first-order chi connectivity index (χ1) is 7.70. The molecule has 0 aliphatic rings. The predicted molar refractivity (Wildman–Crippen MR) is 58.7 cm³/mol. The largest absolute Gasteiger partial charge is 0.450 e. The van der Waals surface area contributed by atoms with Crippen LogP contribution in [0.15, 0.2) is 11.1 Å². The third kappa shape index (κ3) is 2.01. The number of carbonyl (C=O) groups is 1. The monoisotopic (exact) mass is 240 g/mol. The first-order valence-corrected chi connectivity index (χ1v) is 5.30. The number of hydrogen-bond donors (Lipinski definition) is 2. The van der Waals surface area contributed by atoms with Gasteiger partial charge in [-0.15, -0.1) is 0 Å². The average molecular weight is 240 g/mol. The van der Waals surface area contributed by atoms with Crippen LogP contribution in [0.25, 0.3) is 10.3 Å². The molecule has 0 spiro atoms. The molecule has 0 unspecified atom stereocenters. The fourth-order valence-corrected chi connectivity index (χ4v) is 1.87. The van der Waals surface area contributed by atoms with E-state index in [1.54, 1.807) is 6.92 Å². The Morgan fingerprint density at radius 1 is 1.69 bits per heavy atom. The van der Waals surface area contributed by atoms with Crippen LogP contribution in [0, 0.1) is 0 Å². The molecular weight excluding hydrogens is 232 g/mol. The van der Waals surface area contributed by atoms with Crippen molar-refractivity contribution in [3.8, 4) is 0 Å². The number of H-pyrrole nitrogens is 1. The van der Waals surface area contributed by atoms with Gasteiger partial charge in [0, 0.05) is 0 Å². The Balaban J connectivity index is 2.30. The smallest absolute Gasteiger partial charge is 0.413 e. The fourth-order valence-electron chi connectivity index (χ4n) is 1.07. The van der Waals surface area contributed by atoms with Crippen molar-refractivity contribution in [2.24, 2.45) is 0 Å². The number of ether oxygens (including phenoxy) is 1. The van der Waals surface area contributed by atoms with Crippen LogP contribution in [-0.2, 0) is 4.74 Å². The van der Waals surface area contributed by atoms with E-state index in [9.17, 15) is 9.59 Å². The second kappa shape index (κ2) is 4.27. The van der Waals surface area contributed by atoms with E-state index in [1.165, 1.54) is 6.33 Å². The molecule has 2 aromatic rings. The van der Waals surface area contributed by atoms with Crippen molar-refractivity contribution in [1.29, 1.82) is 0 Å². The highest BCUT2D eigenvalue weighted by molar-refractivity contribution is 7.21. The van der Waals surface area contributed by atoms with Crippen molar-refractivity contribution < 1.29 is 9.53 Å². The summed E-state index contributed by atoms with van der Waals surface area (Å²) < 4.78 is 4.68. The normalized spacial score (nSPS) is 10.3. The van der Waals surface area contributed by atoms with Crippen molar-refractivity contribution in [3.63, 3.8) is 0 Å². The molecule has 0 fully saturated rings. The van der Waals surface area contributed by atoms with Crippen LogP contribution in [0.5, 0.6) is 0 Å². The molecule has 7 nitrogen and oxygen atoms in total. The van der Waals surface area contributed by atoms with Crippen LogP contribution in [0.2, 0.25) is 0 Å². The minimum Gasteiger partial charge on any atom is -0.450 e. The van der Waals surface area contributed by atoms with Crippen LogP contribution >= 0.6 is 11.3 Å². The summed E-state index contributed by atoms with van der Waals surface area (Å²) in [6, 6.07) is 0. The number of nitrogens with one attached hydrogen (secondary N) is 2. The molecule has 2 aromatic heterocycles. The van der Waals surface area contributed by atoms with Gasteiger partial charge >= 0.3 is 6.09 Å². The van der Waals surface area contributed by atoms with E-state index < -0.39 is 6.09 Å². The molecule has 0 radical (unpaired) electrons. The molecule has 1 amide bonds. The number of hydrogen-bond acceptors (Lipinski definition) is 6. The van der Waals surface area contributed by atoms with Gasteiger partial charge in [0.2, 0.25) is 0 Å². The number of anilines is 1. The molecule has 0 atom stereocenters. The van der Waals surface area contributed by atoms with Gasteiger partial charge in [-0.05, 0) is 6.92 Å². The van der Waals surface area contributed by atoms with E-state index in [1.807, 2.05) is 0 Å². The maximum atomic E-state index is 11.3. The van der Waals surface area contributed by atoms with Crippen LogP contribution in [-0.4, -0.2) is 27.7 Å². The lowest BCUT2D eigenvalue weighted by Gasteiger charge is -1.99. The van der Waals surface area contributed by atoms with Crippen LogP contribution in [0.1, 0.15) is 6.92 Å². The van der Waals surface area contributed by atoms with Crippen molar-refractivity contribution >= 4 is 32.9 Å². The first-order valence-electron chi connectivity index (χ1n) is 4.48. The summed E-state index contributed by atoms with van der Waals surface area (Å²) in [6.07, 6.45) is 0.690. The Morgan fingerprint density at radius 2 is 2.50 bits per heavy atom. The number of thiazole rings is 1. The Bertz CT molecular complexity index is 576. The Morgan fingerprint density at radius 3 is 3.19 bits per heavy atom. The number of amides is 1. The lowest BCUT2D eigenvalue weighted by molar-refractivity contribution is 0.168. The maximum Gasteiger partial charge on any atom is 0.413 e. The summed E-state index contributed by atoms with van der Waals surface area (Å²) in [6.45, 7) is 1.97. The quantitative estimate of drug-likeness (QED) is 0.814. The zero-order valence-corrected chi connectivity index (χ0v) is 9.13. The predicted octanol–water partition coefficient (Wildman–Crippen LogP) is 0.948. The highest BCUT2D eigenvalue weighted by Gasteiger charge is 2.10. The van der Waals surface area contributed by atoms with Crippen molar-refractivity contribution in [2.75, 3.05) is 11.9 Å². The van der Waals surface area contributed by atoms with Gasteiger partial charge in [0.15, 0.2) is 15.5 Å². The van der Waals surface area contributed by atoms with Gasteiger partial charge in [-0.25, -0.2) is 14.8 Å². The van der Waals surface area contributed by atoms with Crippen molar-refractivity contribution in [3.05, 3.63) is 16.7 Å². The van der Waals surface area contributed by atoms with E-state index in [-0.39, 0.29) is 22.8 Å². The summed E-state index contributed by atoms with van der Waals surface area (Å²) in [5, 5.41) is 2.70. The maximum absolute atomic E-state index is 11.3. The second-order valence-electron chi connectivity index (χ2n) is 2.75. The number of nitrogens with zero attached hydrogens (tertiary/aromatic N) is 2. The Hall–Kier alpha value is -1.96. The molecule has 84 valence electrons. The van der Waals surface area contributed by atoms with Gasteiger partial charge in [-0.1, -0.05) is 11.3 Å². The summed E-state index contributed by atoms with van der Waals surface area (Å²) in [4.78, 5) is 33.1. The molecular formula is C8H8N4O3S. The van der Waals surface area contributed by atoms with Crippen LogP contribution in [0.4, 0.5) is 9.93 Å². The molecule has 2 rings (SSSR count). The number of rotatable bonds is 2. The molecule has 2 N–H and O–H groups in total. The molecule has 0 bridgehead atoms. The summed E-state index contributed by atoms with van der Waals surface area (Å²) in [5.74, 6) is 0. The lowest BCUT2D eigenvalue weighted by Crippen LogP contribution is -2.13. The number of aromatic nitrogens is 3. The van der Waals surface area contributed by atoms with Gasteiger partial charge in [0.05, 0.1) is 12.9 Å². The van der Waals surface area contributed by atoms with E-state index in [0.29, 0.717) is 4.83 Å². The average Bonchev–Trinajstić information content (AvgIpc) is 2.62. The molecule has 0 saturated carbocycles. The fraction of sp³-hybridized carbons (Fsp3) is 0.250. The van der Waals surface area contributed by atoms with Gasteiger partial charge in [0.25, 0.3) is 5.56 Å². The standard InChI is InChI=1S/C8H8N4O3S/c1-2-15-8(14)12-7-11-4-5(13)9-3-10-6(4)16-7/h3H,2H2,1H3,(H,9,10,13)(H,11,12,14). The van der Waals surface area contributed by atoms with Gasteiger partial charge < -0.3 is 9.72 Å². The minimum absolute atomic E-state index is 0.208. The summed E-state index contributed by atoms with van der Waals surface area (Å²) >= 11 is 1.11. The Labute approximate surface area is 93.5 Å². The minimum atomic E-state index is -0.599.